The van der Waals surface area contributed by atoms with E-state index >= 15 is 0 Å². The van der Waals surface area contributed by atoms with E-state index in [-0.39, 0.29) is 24.9 Å². The van der Waals surface area contributed by atoms with Gasteiger partial charge in [-0.2, -0.15) is 0 Å². The summed E-state index contributed by atoms with van der Waals surface area (Å²) in [5.41, 5.74) is 1.43. The quantitative estimate of drug-likeness (QED) is 0.905. The maximum absolute atomic E-state index is 12.3. The standard InChI is InChI=1S/C15H15N3O2S/c19-14-10-18(13-6-2-1-5-12(13)17-14)15(20)9-16-8-11-4-3-7-21-11/h1-7,16H,8-10H2,(H,17,19). The van der Waals surface area contributed by atoms with Crippen molar-refractivity contribution in [2.24, 2.45) is 0 Å². The zero-order chi connectivity index (χ0) is 14.7. The number of nitrogens with one attached hydrogen (secondary N) is 2. The topological polar surface area (TPSA) is 61.4 Å². The summed E-state index contributed by atoms with van der Waals surface area (Å²) in [6.07, 6.45) is 0. The van der Waals surface area contributed by atoms with Crippen LogP contribution < -0.4 is 15.5 Å². The highest BCUT2D eigenvalue weighted by Crippen LogP contribution is 2.28. The number of para-hydroxylation sites is 2. The summed E-state index contributed by atoms with van der Waals surface area (Å²) in [7, 11) is 0. The van der Waals surface area contributed by atoms with E-state index < -0.39 is 0 Å². The molecule has 0 bridgehead atoms. The smallest absolute Gasteiger partial charge is 0.244 e. The Kier molecular flexibility index (Phi) is 3.98. The van der Waals surface area contributed by atoms with Crippen molar-refractivity contribution in [3.63, 3.8) is 0 Å². The number of hydrogen-bond donors (Lipinski definition) is 2. The van der Waals surface area contributed by atoms with Crippen molar-refractivity contribution in [2.75, 3.05) is 23.3 Å². The van der Waals surface area contributed by atoms with Gasteiger partial charge in [0.25, 0.3) is 0 Å². The third-order valence-electron chi connectivity index (χ3n) is 3.23. The van der Waals surface area contributed by atoms with Gasteiger partial charge < -0.3 is 10.6 Å². The molecule has 0 saturated carbocycles. The fourth-order valence-corrected chi connectivity index (χ4v) is 2.93. The predicted octanol–water partition coefficient (Wildman–Crippen LogP) is 1.82. The van der Waals surface area contributed by atoms with Gasteiger partial charge in [-0.1, -0.05) is 18.2 Å². The molecule has 108 valence electrons. The van der Waals surface area contributed by atoms with E-state index in [1.165, 1.54) is 9.78 Å². The third-order valence-corrected chi connectivity index (χ3v) is 4.10. The Hall–Kier alpha value is -2.18. The molecule has 0 fully saturated rings. The van der Waals surface area contributed by atoms with Crippen molar-refractivity contribution < 1.29 is 9.59 Å². The van der Waals surface area contributed by atoms with Gasteiger partial charge in [-0.3, -0.25) is 14.5 Å². The molecule has 0 spiro atoms. The molecule has 1 aliphatic heterocycles. The van der Waals surface area contributed by atoms with Gasteiger partial charge in [0.05, 0.1) is 17.9 Å². The molecule has 0 unspecified atom stereocenters. The minimum atomic E-state index is -0.166. The van der Waals surface area contributed by atoms with Crippen LogP contribution in [-0.2, 0) is 16.1 Å². The second-order valence-electron chi connectivity index (χ2n) is 4.73. The molecule has 6 heteroatoms. The van der Waals surface area contributed by atoms with Gasteiger partial charge in [0.15, 0.2) is 0 Å². The molecule has 1 aromatic carbocycles. The molecule has 3 rings (SSSR count). The van der Waals surface area contributed by atoms with Crippen molar-refractivity contribution in [3.05, 3.63) is 46.7 Å². The number of carbonyl (C=O) groups is 2. The SMILES string of the molecule is O=C1CN(C(=O)CNCc2cccs2)c2ccccc2N1. The van der Waals surface area contributed by atoms with Crippen LogP contribution in [0, 0.1) is 0 Å². The Morgan fingerprint density at radius 2 is 2.14 bits per heavy atom. The molecule has 1 aliphatic rings. The number of hydrogen-bond acceptors (Lipinski definition) is 4. The highest BCUT2D eigenvalue weighted by atomic mass is 32.1. The van der Waals surface area contributed by atoms with E-state index in [2.05, 4.69) is 10.6 Å². The lowest BCUT2D eigenvalue weighted by Gasteiger charge is -2.29. The first-order chi connectivity index (χ1) is 10.2. The van der Waals surface area contributed by atoms with Crippen LogP contribution in [0.5, 0.6) is 0 Å². The number of thiophene rings is 1. The van der Waals surface area contributed by atoms with Crippen molar-refractivity contribution in [2.45, 2.75) is 6.54 Å². The third kappa shape index (κ3) is 3.12. The first-order valence-corrected chi connectivity index (χ1v) is 7.54. The summed E-state index contributed by atoms with van der Waals surface area (Å²) >= 11 is 1.65. The number of amides is 2. The molecule has 2 aromatic rings. The summed E-state index contributed by atoms with van der Waals surface area (Å²) < 4.78 is 0. The van der Waals surface area contributed by atoms with E-state index in [0.29, 0.717) is 12.2 Å². The van der Waals surface area contributed by atoms with Gasteiger partial charge in [-0.25, -0.2) is 0 Å². The van der Waals surface area contributed by atoms with Gasteiger partial charge in [0.1, 0.15) is 6.54 Å². The summed E-state index contributed by atoms with van der Waals surface area (Å²) in [5, 5.41) is 7.89. The highest BCUT2D eigenvalue weighted by molar-refractivity contribution is 7.09. The van der Waals surface area contributed by atoms with Crippen LogP contribution in [0.3, 0.4) is 0 Å². The largest absolute Gasteiger partial charge is 0.323 e. The average molecular weight is 301 g/mol. The van der Waals surface area contributed by atoms with Crippen molar-refractivity contribution in [3.8, 4) is 0 Å². The summed E-state index contributed by atoms with van der Waals surface area (Å²) in [5.74, 6) is -0.269. The first-order valence-electron chi connectivity index (χ1n) is 6.66. The lowest BCUT2D eigenvalue weighted by Crippen LogP contribution is -2.45. The van der Waals surface area contributed by atoms with Crippen LogP contribution in [0.2, 0.25) is 0 Å². The van der Waals surface area contributed by atoms with Gasteiger partial charge in [0.2, 0.25) is 11.8 Å². The van der Waals surface area contributed by atoms with Gasteiger partial charge in [-0.15, -0.1) is 11.3 Å². The van der Waals surface area contributed by atoms with Crippen LogP contribution in [0.4, 0.5) is 11.4 Å². The molecule has 2 heterocycles. The molecule has 1 aromatic heterocycles. The van der Waals surface area contributed by atoms with Crippen LogP contribution in [0.1, 0.15) is 4.88 Å². The molecule has 5 nitrogen and oxygen atoms in total. The molecule has 0 saturated heterocycles. The lowest BCUT2D eigenvalue weighted by molar-refractivity contribution is -0.121. The van der Waals surface area contributed by atoms with E-state index in [0.717, 1.165) is 5.69 Å². The highest BCUT2D eigenvalue weighted by Gasteiger charge is 2.25. The van der Waals surface area contributed by atoms with Crippen molar-refractivity contribution in [1.29, 1.82) is 0 Å². The number of nitrogens with zero attached hydrogens (tertiary/aromatic N) is 1. The monoisotopic (exact) mass is 301 g/mol. The summed E-state index contributed by atoms with van der Waals surface area (Å²) in [6, 6.07) is 11.3. The predicted molar refractivity (Wildman–Crippen MR) is 83.5 cm³/mol. The molecule has 0 radical (unpaired) electrons. The summed E-state index contributed by atoms with van der Waals surface area (Å²) in [6.45, 7) is 0.932. The summed E-state index contributed by atoms with van der Waals surface area (Å²) in [4.78, 5) is 26.7. The van der Waals surface area contributed by atoms with E-state index in [1.807, 2.05) is 35.7 Å². The number of rotatable bonds is 4. The maximum Gasteiger partial charge on any atom is 0.244 e. The Labute approximate surface area is 126 Å². The minimum absolute atomic E-state index is 0.0660. The number of carbonyl (C=O) groups excluding carboxylic acids is 2. The van der Waals surface area contributed by atoms with E-state index in [9.17, 15) is 9.59 Å². The van der Waals surface area contributed by atoms with Crippen LogP contribution >= 0.6 is 11.3 Å². The zero-order valence-electron chi connectivity index (χ0n) is 11.3. The number of benzene rings is 1. The van der Waals surface area contributed by atoms with Crippen LogP contribution in [0.25, 0.3) is 0 Å². The molecular formula is C15H15N3O2S. The normalized spacial score (nSPS) is 13.7. The first kappa shape index (κ1) is 13.8. The molecule has 0 atom stereocenters. The Bertz CT molecular complexity index is 655. The zero-order valence-corrected chi connectivity index (χ0v) is 12.2. The van der Waals surface area contributed by atoms with Gasteiger partial charge >= 0.3 is 0 Å². The van der Waals surface area contributed by atoms with Crippen LogP contribution in [-0.4, -0.2) is 24.9 Å². The lowest BCUT2D eigenvalue weighted by atomic mass is 10.2. The fourth-order valence-electron chi connectivity index (χ4n) is 2.26. The number of anilines is 2. The van der Waals surface area contributed by atoms with E-state index in [4.69, 9.17) is 0 Å². The molecule has 2 amide bonds. The number of fused-ring (bicyclic) bond motifs is 1. The molecule has 0 aliphatic carbocycles. The molecular weight excluding hydrogens is 286 g/mol. The minimum Gasteiger partial charge on any atom is -0.323 e. The average Bonchev–Trinajstić information content (AvgIpc) is 2.99. The van der Waals surface area contributed by atoms with Gasteiger partial charge in [-0.05, 0) is 23.6 Å². The fraction of sp³-hybridized carbons (Fsp3) is 0.200. The van der Waals surface area contributed by atoms with Gasteiger partial charge in [0, 0.05) is 11.4 Å². The Morgan fingerprint density at radius 3 is 2.95 bits per heavy atom. The van der Waals surface area contributed by atoms with E-state index in [1.54, 1.807) is 17.4 Å². The van der Waals surface area contributed by atoms with Crippen LogP contribution in [0.15, 0.2) is 41.8 Å². The second kappa shape index (κ2) is 6.07. The Balaban J connectivity index is 1.65. The maximum atomic E-state index is 12.3. The molecule has 2 N–H and O–H groups in total. The molecule has 21 heavy (non-hydrogen) atoms. The second-order valence-corrected chi connectivity index (χ2v) is 5.76. The van der Waals surface area contributed by atoms with Crippen molar-refractivity contribution in [1.82, 2.24) is 5.32 Å². The Morgan fingerprint density at radius 1 is 1.29 bits per heavy atom. The van der Waals surface area contributed by atoms with Crippen molar-refractivity contribution >= 4 is 34.5 Å².